The standard InChI is InChI=1S/C14H14N2O2/c17-13(12-7-4-8-15-10-12)14(18)16-9-11-5-2-1-3-6-11/h1-8,10,13,17H,9H2,(H,16,18). The molecule has 92 valence electrons. The van der Waals surface area contributed by atoms with Crippen LogP contribution < -0.4 is 5.32 Å². The molecular weight excluding hydrogens is 228 g/mol. The third-order valence-electron chi connectivity index (χ3n) is 2.56. The molecule has 1 unspecified atom stereocenters. The molecule has 1 aromatic heterocycles. The topological polar surface area (TPSA) is 62.2 Å². The Kier molecular flexibility index (Phi) is 4.04. The lowest BCUT2D eigenvalue weighted by atomic mass is 10.1. The van der Waals surface area contributed by atoms with Crippen molar-refractivity contribution in [3.63, 3.8) is 0 Å². The van der Waals surface area contributed by atoms with Gasteiger partial charge in [-0.1, -0.05) is 36.4 Å². The predicted octanol–water partition coefficient (Wildman–Crippen LogP) is 1.43. The SMILES string of the molecule is O=C(NCc1ccccc1)C(O)c1cccnc1. The van der Waals surface area contributed by atoms with E-state index in [1.165, 1.54) is 6.20 Å². The highest BCUT2D eigenvalue weighted by Gasteiger charge is 2.16. The van der Waals surface area contributed by atoms with Crippen molar-refractivity contribution in [2.75, 3.05) is 0 Å². The molecule has 0 aliphatic carbocycles. The van der Waals surface area contributed by atoms with Crippen LogP contribution in [0.5, 0.6) is 0 Å². The Labute approximate surface area is 105 Å². The molecule has 0 aliphatic heterocycles. The van der Waals surface area contributed by atoms with E-state index in [9.17, 15) is 9.90 Å². The Balaban J connectivity index is 1.93. The second-order valence-corrected chi connectivity index (χ2v) is 3.89. The molecule has 0 bridgehead atoms. The van der Waals surface area contributed by atoms with Crippen molar-refractivity contribution in [3.05, 3.63) is 66.0 Å². The van der Waals surface area contributed by atoms with Gasteiger partial charge in [0.05, 0.1) is 0 Å². The summed E-state index contributed by atoms with van der Waals surface area (Å²) < 4.78 is 0. The number of nitrogens with one attached hydrogen (secondary N) is 1. The van der Waals surface area contributed by atoms with E-state index in [0.29, 0.717) is 12.1 Å². The Hall–Kier alpha value is -2.20. The maximum atomic E-state index is 11.7. The fourth-order valence-electron chi connectivity index (χ4n) is 1.57. The third kappa shape index (κ3) is 3.15. The molecule has 0 saturated carbocycles. The van der Waals surface area contributed by atoms with Crippen LogP contribution in [0.15, 0.2) is 54.9 Å². The number of aliphatic hydroxyl groups excluding tert-OH is 1. The number of carbonyl (C=O) groups excluding carboxylic acids is 1. The number of benzene rings is 1. The highest BCUT2D eigenvalue weighted by Crippen LogP contribution is 2.10. The van der Waals surface area contributed by atoms with E-state index >= 15 is 0 Å². The average molecular weight is 242 g/mol. The molecule has 1 aromatic carbocycles. The van der Waals surface area contributed by atoms with Crippen LogP contribution in [0.4, 0.5) is 0 Å². The van der Waals surface area contributed by atoms with E-state index in [0.717, 1.165) is 5.56 Å². The molecule has 1 heterocycles. The maximum absolute atomic E-state index is 11.7. The Morgan fingerprint density at radius 2 is 2.00 bits per heavy atom. The Morgan fingerprint density at radius 1 is 1.22 bits per heavy atom. The van der Waals surface area contributed by atoms with E-state index in [-0.39, 0.29) is 0 Å². The zero-order valence-corrected chi connectivity index (χ0v) is 9.78. The second kappa shape index (κ2) is 5.93. The number of hydrogen-bond acceptors (Lipinski definition) is 3. The largest absolute Gasteiger partial charge is 0.378 e. The monoisotopic (exact) mass is 242 g/mol. The number of carbonyl (C=O) groups is 1. The lowest BCUT2D eigenvalue weighted by Gasteiger charge is -2.11. The molecule has 2 aromatic rings. The van der Waals surface area contributed by atoms with Crippen LogP contribution in [0.3, 0.4) is 0 Å². The van der Waals surface area contributed by atoms with Gasteiger partial charge in [-0.2, -0.15) is 0 Å². The minimum atomic E-state index is -1.18. The summed E-state index contributed by atoms with van der Waals surface area (Å²) in [5.41, 5.74) is 1.48. The van der Waals surface area contributed by atoms with Gasteiger partial charge in [0, 0.05) is 24.5 Å². The maximum Gasteiger partial charge on any atom is 0.253 e. The van der Waals surface area contributed by atoms with Crippen LogP contribution in [-0.2, 0) is 11.3 Å². The van der Waals surface area contributed by atoms with Crippen molar-refractivity contribution in [1.29, 1.82) is 0 Å². The van der Waals surface area contributed by atoms with Crippen LogP contribution in [-0.4, -0.2) is 16.0 Å². The summed E-state index contributed by atoms with van der Waals surface area (Å²) in [5.74, 6) is -0.424. The molecule has 0 aliphatic rings. The molecule has 4 heteroatoms. The molecule has 2 N–H and O–H groups in total. The first-order valence-electron chi connectivity index (χ1n) is 5.67. The highest BCUT2D eigenvalue weighted by atomic mass is 16.3. The number of rotatable bonds is 4. The summed E-state index contributed by atoms with van der Waals surface area (Å²) in [7, 11) is 0. The lowest BCUT2D eigenvalue weighted by molar-refractivity contribution is -0.129. The van der Waals surface area contributed by atoms with Crippen molar-refractivity contribution in [1.82, 2.24) is 10.3 Å². The van der Waals surface area contributed by atoms with Gasteiger partial charge in [0.15, 0.2) is 6.10 Å². The number of nitrogens with zero attached hydrogens (tertiary/aromatic N) is 1. The van der Waals surface area contributed by atoms with Crippen LogP contribution >= 0.6 is 0 Å². The molecule has 2 rings (SSSR count). The minimum Gasteiger partial charge on any atom is -0.378 e. The molecule has 1 atom stereocenters. The number of hydrogen-bond donors (Lipinski definition) is 2. The summed E-state index contributed by atoms with van der Waals surface area (Å²) in [6.07, 6.45) is 1.90. The number of aromatic nitrogens is 1. The first-order valence-corrected chi connectivity index (χ1v) is 5.67. The van der Waals surface area contributed by atoms with Crippen molar-refractivity contribution < 1.29 is 9.90 Å². The van der Waals surface area contributed by atoms with Crippen LogP contribution in [0.25, 0.3) is 0 Å². The first kappa shape index (κ1) is 12.3. The van der Waals surface area contributed by atoms with Gasteiger partial charge in [0.25, 0.3) is 5.91 Å². The van der Waals surface area contributed by atoms with Crippen molar-refractivity contribution in [3.8, 4) is 0 Å². The molecule has 18 heavy (non-hydrogen) atoms. The van der Waals surface area contributed by atoms with Crippen molar-refractivity contribution in [2.45, 2.75) is 12.6 Å². The van der Waals surface area contributed by atoms with Gasteiger partial charge >= 0.3 is 0 Å². The van der Waals surface area contributed by atoms with Crippen LogP contribution in [0.1, 0.15) is 17.2 Å². The molecular formula is C14H14N2O2. The molecule has 1 amide bonds. The van der Waals surface area contributed by atoms with Gasteiger partial charge in [-0.05, 0) is 11.6 Å². The lowest BCUT2D eigenvalue weighted by Crippen LogP contribution is -2.28. The van der Waals surface area contributed by atoms with Gasteiger partial charge in [-0.15, -0.1) is 0 Å². The molecule has 0 fully saturated rings. The molecule has 4 nitrogen and oxygen atoms in total. The normalized spacial score (nSPS) is 11.8. The zero-order valence-electron chi connectivity index (χ0n) is 9.78. The Bertz CT molecular complexity index is 500. The molecule has 0 saturated heterocycles. The van der Waals surface area contributed by atoms with Crippen molar-refractivity contribution >= 4 is 5.91 Å². The second-order valence-electron chi connectivity index (χ2n) is 3.89. The average Bonchev–Trinajstić information content (AvgIpc) is 2.46. The summed E-state index contributed by atoms with van der Waals surface area (Å²) >= 11 is 0. The quantitative estimate of drug-likeness (QED) is 0.852. The van der Waals surface area contributed by atoms with Gasteiger partial charge in [0.1, 0.15) is 0 Å². The third-order valence-corrected chi connectivity index (χ3v) is 2.56. The van der Waals surface area contributed by atoms with E-state index in [2.05, 4.69) is 10.3 Å². The van der Waals surface area contributed by atoms with E-state index in [4.69, 9.17) is 0 Å². The highest BCUT2D eigenvalue weighted by molar-refractivity contribution is 5.81. The summed E-state index contributed by atoms with van der Waals surface area (Å²) in [4.78, 5) is 15.6. The zero-order chi connectivity index (χ0) is 12.8. The van der Waals surface area contributed by atoms with Gasteiger partial charge in [0.2, 0.25) is 0 Å². The van der Waals surface area contributed by atoms with Crippen LogP contribution in [0, 0.1) is 0 Å². The van der Waals surface area contributed by atoms with Gasteiger partial charge in [-0.3, -0.25) is 9.78 Å². The smallest absolute Gasteiger partial charge is 0.253 e. The molecule has 0 radical (unpaired) electrons. The fraction of sp³-hybridized carbons (Fsp3) is 0.143. The summed E-state index contributed by atoms with van der Waals surface area (Å²) in [6, 6.07) is 12.9. The van der Waals surface area contributed by atoms with E-state index in [1.54, 1.807) is 18.3 Å². The number of amides is 1. The molecule has 0 spiro atoms. The number of aliphatic hydroxyl groups is 1. The van der Waals surface area contributed by atoms with Gasteiger partial charge < -0.3 is 10.4 Å². The summed E-state index contributed by atoms with van der Waals surface area (Å²) in [6.45, 7) is 0.400. The van der Waals surface area contributed by atoms with E-state index in [1.807, 2.05) is 30.3 Å². The minimum absolute atomic E-state index is 0.400. The van der Waals surface area contributed by atoms with Gasteiger partial charge in [-0.25, -0.2) is 0 Å². The predicted molar refractivity (Wildman–Crippen MR) is 67.5 cm³/mol. The first-order chi connectivity index (χ1) is 8.77. The van der Waals surface area contributed by atoms with Crippen molar-refractivity contribution in [2.24, 2.45) is 0 Å². The fourth-order valence-corrected chi connectivity index (χ4v) is 1.57. The Morgan fingerprint density at radius 3 is 2.67 bits per heavy atom. The van der Waals surface area contributed by atoms with Crippen LogP contribution in [0.2, 0.25) is 0 Å². The van der Waals surface area contributed by atoms with E-state index < -0.39 is 12.0 Å². The summed E-state index contributed by atoms with van der Waals surface area (Å²) in [5, 5.41) is 12.5. The number of pyridine rings is 1.